The fourth-order valence-electron chi connectivity index (χ4n) is 3.40. The highest BCUT2D eigenvalue weighted by molar-refractivity contribution is 7.91. The normalized spacial score (nSPS) is 17.4. The van der Waals surface area contributed by atoms with Gasteiger partial charge in [-0.2, -0.15) is 0 Å². The van der Waals surface area contributed by atoms with Gasteiger partial charge in [0.25, 0.3) is 0 Å². The second kappa shape index (κ2) is 6.48. The van der Waals surface area contributed by atoms with E-state index in [4.69, 9.17) is 0 Å². The molecule has 1 aromatic heterocycles. The van der Waals surface area contributed by atoms with Crippen LogP contribution in [-0.2, 0) is 16.4 Å². The molecule has 128 valence electrons. The second-order valence-electron chi connectivity index (χ2n) is 6.50. The molecule has 25 heavy (non-hydrogen) atoms. The molecule has 1 aliphatic carbocycles. The summed E-state index contributed by atoms with van der Waals surface area (Å²) in [4.78, 5) is 4.47. The Kier molecular flexibility index (Phi) is 4.17. The third-order valence-corrected chi connectivity index (χ3v) is 6.36. The SMILES string of the molecule is O=S(=O)(CC1C=CCC1)c1nc2ccccc2n1Cc1ccccc1. The molecule has 1 atom stereocenters. The lowest BCUT2D eigenvalue weighted by Crippen LogP contribution is -2.18. The van der Waals surface area contributed by atoms with Crippen LogP contribution < -0.4 is 0 Å². The highest BCUT2D eigenvalue weighted by Crippen LogP contribution is 2.26. The molecule has 1 unspecified atom stereocenters. The van der Waals surface area contributed by atoms with Gasteiger partial charge in [-0.15, -0.1) is 0 Å². The minimum absolute atomic E-state index is 0.0926. The largest absolute Gasteiger partial charge is 0.310 e. The van der Waals surface area contributed by atoms with E-state index in [-0.39, 0.29) is 16.8 Å². The van der Waals surface area contributed by atoms with Gasteiger partial charge in [-0.3, -0.25) is 0 Å². The van der Waals surface area contributed by atoms with Crippen molar-refractivity contribution in [2.24, 2.45) is 5.92 Å². The van der Waals surface area contributed by atoms with Crippen LogP contribution in [0.4, 0.5) is 0 Å². The van der Waals surface area contributed by atoms with Gasteiger partial charge in [0.2, 0.25) is 15.0 Å². The van der Waals surface area contributed by atoms with Crippen molar-refractivity contribution in [3.63, 3.8) is 0 Å². The molecule has 0 saturated heterocycles. The van der Waals surface area contributed by atoms with Gasteiger partial charge in [0.1, 0.15) is 0 Å². The third-order valence-electron chi connectivity index (χ3n) is 4.63. The van der Waals surface area contributed by atoms with Crippen molar-refractivity contribution < 1.29 is 8.42 Å². The number of para-hydroxylation sites is 2. The monoisotopic (exact) mass is 352 g/mol. The minimum atomic E-state index is -3.46. The van der Waals surface area contributed by atoms with Crippen LogP contribution in [0, 0.1) is 5.92 Å². The molecule has 4 nitrogen and oxygen atoms in total. The average Bonchev–Trinajstić information content (AvgIpc) is 3.24. The van der Waals surface area contributed by atoms with Gasteiger partial charge in [-0.25, -0.2) is 13.4 Å². The molecule has 0 fully saturated rings. The van der Waals surface area contributed by atoms with E-state index in [1.54, 1.807) is 0 Å². The van der Waals surface area contributed by atoms with Gasteiger partial charge in [0.05, 0.1) is 23.3 Å². The van der Waals surface area contributed by atoms with Gasteiger partial charge in [0.15, 0.2) is 0 Å². The molecule has 0 bridgehead atoms. The van der Waals surface area contributed by atoms with Gasteiger partial charge >= 0.3 is 0 Å². The van der Waals surface area contributed by atoms with E-state index in [9.17, 15) is 8.42 Å². The van der Waals surface area contributed by atoms with Crippen molar-refractivity contribution in [3.05, 3.63) is 72.3 Å². The number of allylic oxidation sites excluding steroid dienone is 2. The second-order valence-corrected chi connectivity index (χ2v) is 8.43. The van der Waals surface area contributed by atoms with E-state index >= 15 is 0 Å². The Morgan fingerprint density at radius 1 is 1.04 bits per heavy atom. The van der Waals surface area contributed by atoms with Crippen molar-refractivity contribution in [1.82, 2.24) is 9.55 Å². The quantitative estimate of drug-likeness (QED) is 0.656. The van der Waals surface area contributed by atoms with Crippen LogP contribution in [0.15, 0.2) is 71.9 Å². The molecule has 1 heterocycles. The van der Waals surface area contributed by atoms with E-state index in [0.29, 0.717) is 6.54 Å². The first kappa shape index (κ1) is 16.1. The van der Waals surface area contributed by atoms with E-state index in [1.807, 2.05) is 65.2 Å². The number of aromatic nitrogens is 2. The van der Waals surface area contributed by atoms with Crippen LogP contribution in [-0.4, -0.2) is 23.7 Å². The van der Waals surface area contributed by atoms with Crippen molar-refractivity contribution >= 4 is 20.9 Å². The van der Waals surface area contributed by atoms with Crippen molar-refractivity contribution in [1.29, 1.82) is 0 Å². The molecule has 2 aromatic carbocycles. The van der Waals surface area contributed by atoms with Crippen molar-refractivity contribution in [2.45, 2.75) is 24.5 Å². The standard InChI is InChI=1S/C20H20N2O2S/c23-25(24,15-17-10-4-5-11-17)20-21-18-12-6-7-13-19(18)22(20)14-16-8-2-1-3-9-16/h1-4,6-10,12-13,17H,5,11,14-15H2. The fourth-order valence-corrected chi connectivity index (χ4v) is 5.13. The zero-order valence-electron chi connectivity index (χ0n) is 13.9. The third kappa shape index (κ3) is 3.24. The first-order valence-corrected chi connectivity index (χ1v) is 10.2. The lowest BCUT2D eigenvalue weighted by Gasteiger charge is -2.12. The summed E-state index contributed by atoms with van der Waals surface area (Å²) in [5.74, 6) is 0.219. The highest BCUT2D eigenvalue weighted by atomic mass is 32.2. The van der Waals surface area contributed by atoms with E-state index < -0.39 is 9.84 Å². The summed E-state index contributed by atoms with van der Waals surface area (Å²) >= 11 is 0. The molecule has 0 N–H and O–H groups in total. The van der Waals surface area contributed by atoms with Gasteiger partial charge in [-0.05, 0) is 36.5 Å². The van der Waals surface area contributed by atoms with Gasteiger partial charge in [-0.1, -0.05) is 54.6 Å². The zero-order chi connectivity index (χ0) is 17.3. The molecule has 0 saturated carbocycles. The number of nitrogens with zero attached hydrogens (tertiary/aromatic N) is 2. The Bertz CT molecular complexity index is 1020. The summed E-state index contributed by atoms with van der Waals surface area (Å²) in [5, 5.41) is 0.179. The van der Waals surface area contributed by atoms with E-state index in [0.717, 1.165) is 29.4 Å². The summed E-state index contributed by atoms with van der Waals surface area (Å²) < 4.78 is 27.9. The number of fused-ring (bicyclic) bond motifs is 1. The molecule has 4 rings (SSSR count). The molecule has 0 amide bonds. The number of imidazole rings is 1. The smallest absolute Gasteiger partial charge is 0.229 e. The van der Waals surface area contributed by atoms with Gasteiger partial charge < -0.3 is 4.57 Å². The summed E-state index contributed by atoms with van der Waals surface area (Å²) in [6, 6.07) is 17.5. The summed E-state index contributed by atoms with van der Waals surface area (Å²) in [7, 11) is -3.46. The maximum absolute atomic E-state index is 13.1. The van der Waals surface area contributed by atoms with Gasteiger partial charge in [0, 0.05) is 0 Å². The zero-order valence-corrected chi connectivity index (χ0v) is 14.7. The van der Waals surface area contributed by atoms with E-state index in [1.165, 1.54) is 0 Å². The molecule has 3 aromatic rings. The van der Waals surface area contributed by atoms with Crippen molar-refractivity contribution in [2.75, 3.05) is 5.75 Å². The summed E-state index contributed by atoms with van der Waals surface area (Å²) in [6.45, 7) is 0.496. The number of rotatable bonds is 5. The minimum Gasteiger partial charge on any atom is -0.310 e. The molecule has 0 aliphatic heterocycles. The molecular weight excluding hydrogens is 332 g/mol. The molecule has 0 spiro atoms. The Balaban J connectivity index is 1.79. The highest BCUT2D eigenvalue weighted by Gasteiger charge is 2.27. The Hall–Kier alpha value is -2.40. The van der Waals surface area contributed by atoms with Crippen LogP contribution in [0.3, 0.4) is 0 Å². The van der Waals surface area contributed by atoms with Crippen LogP contribution in [0.5, 0.6) is 0 Å². The molecule has 1 aliphatic rings. The Morgan fingerprint density at radius 3 is 2.56 bits per heavy atom. The first-order valence-electron chi connectivity index (χ1n) is 8.52. The van der Waals surface area contributed by atoms with Crippen molar-refractivity contribution in [3.8, 4) is 0 Å². The summed E-state index contributed by atoms with van der Waals surface area (Å²) in [5.41, 5.74) is 2.63. The first-order chi connectivity index (χ1) is 12.1. The predicted octanol–water partition coefficient (Wildman–Crippen LogP) is 3.82. The lowest BCUT2D eigenvalue weighted by molar-refractivity contribution is 0.562. The fraction of sp³-hybridized carbons (Fsp3) is 0.250. The lowest BCUT2D eigenvalue weighted by atomic mass is 10.2. The Morgan fingerprint density at radius 2 is 1.80 bits per heavy atom. The Labute approximate surface area is 147 Å². The number of hydrogen-bond acceptors (Lipinski definition) is 3. The van der Waals surface area contributed by atoms with Crippen LogP contribution in [0.2, 0.25) is 0 Å². The number of hydrogen-bond donors (Lipinski definition) is 0. The number of benzene rings is 2. The average molecular weight is 352 g/mol. The topological polar surface area (TPSA) is 52.0 Å². The predicted molar refractivity (Wildman–Crippen MR) is 99.2 cm³/mol. The van der Waals surface area contributed by atoms with Crippen LogP contribution in [0.1, 0.15) is 18.4 Å². The van der Waals surface area contributed by atoms with Crippen LogP contribution in [0.25, 0.3) is 11.0 Å². The molecule has 0 radical (unpaired) electrons. The number of sulfone groups is 1. The maximum Gasteiger partial charge on any atom is 0.229 e. The van der Waals surface area contributed by atoms with Crippen LogP contribution >= 0.6 is 0 Å². The maximum atomic E-state index is 13.1. The molecular formula is C20H20N2O2S. The molecule has 5 heteroatoms. The van der Waals surface area contributed by atoms with E-state index in [2.05, 4.69) is 11.1 Å². The summed E-state index contributed by atoms with van der Waals surface area (Å²) in [6.07, 6.45) is 5.94.